The van der Waals surface area contributed by atoms with E-state index in [-0.39, 0.29) is 0 Å². The minimum Gasteiger partial charge on any atom is -0.616 e. The molecule has 0 heterocycles. The summed E-state index contributed by atoms with van der Waals surface area (Å²) in [5.41, 5.74) is 5.62. The van der Waals surface area contributed by atoms with E-state index in [9.17, 15) is 9.66 Å². The van der Waals surface area contributed by atoms with Crippen molar-refractivity contribution in [3.63, 3.8) is 0 Å². The first kappa shape index (κ1) is 29.1. The lowest BCUT2D eigenvalue weighted by molar-refractivity contribution is 0.424. The van der Waals surface area contributed by atoms with Crippen molar-refractivity contribution >= 4 is 11.2 Å². The van der Waals surface area contributed by atoms with E-state index in [0.717, 1.165) is 30.8 Å². The molecule has 0 saturated carbocycles. The molecule has 1 N–H and O–H groups in total. The molecule has 0 fully saturated rings. The molecule has 3 heteroatoms. The lowest BCUT2D eigenvalue weighted by atomic mass is 9.70. The van der Waals surface area contributed by atoms with E-state index < -0.39 is 11.2 Å². The van der Waals surface area contributed by atoms with E-state index in [1.165, 1.54) is 99.3 Å². The van der Waals surface area contributed by atoms with E-state index in [0.29, 0.717) is 17.6 Å². The highest BCUT2D eigenvalue weighted by Gasteiger charge is 2.30. The molecule has 0 bridgehead atoms. The Morgan fingerprint density at radius 2 is 1.42 bits per heavy atom. The fraction of sp³-hybridized carbons (Fsp3) is 0.636. The van der Waals surface area contributed by atoms with Crippen molar-refractivity contribution in [1.29, 1.82) is 0 Å². The molecule has 3 unspecified atom stereocenters. The van der Waals surface area contributed by atoms with Gasteiger partial charge in [-0.2, -0.15) is 0 Å². The van der Waals surface area contributed by atoms with Crippen LogP contribution in [0.5, 0.6) is 5.75 Å². The van der Waals surface area contributed by atoms with Gasteiger partial charge in [0.1, 0.15) is 17.3 Å². The zero-order valence-corrected chi connectivity index (χ0v) is 23.8. The predicted octanol–water partition coefficient (Wildman–Crippen LogP) is 9.35. The van der Waals surface area contributed by atoms with Gasteiger partial charge in [-0.05, 0) is 92.5 Å². The van der Waals surface area contributed by atoms with Crippen molar-refractivity contribution in [3.8, 4) is 5.75 Å². The molecule has 0 saturated heterocycles. The molecule has 2 aromatic carbocycles. The summed E-state index contributed by atoms with van der Waals surface area (Å²) in [4.78, 5) is 0. The molecule has 1 aliphatic carbocycles. The Hall–Kier alpha value is -1.45. The number of phenols is 1. The summed E-state index contributed by atoms with van der Waals surface area (Å²) >= 11 is -0.587. The summed E-state index contributed by atoms with van der Waals surface area (Å²) in [5.74, 6) is 3.37. The van der Waals surface area contributed by atoms with Crippen LogP contribution in [-0.4, -0.2) is 21.2 Å². The molecule has 200 valence electrons. The van der Waals surface area contributed by atoms with Crippen molar-refractivity contribution in [2.45, 2.75) is 122 Å². The standard InChI is InChI=1S/C33H50O2S/c1-3-4-5-13-24-36(35)25-14-11-9-7-6-8-10-12-15-33-31(28-18-16-27(2)17-19-28)22-20-29-26-30(34)21-23-32(29)33/h16-19,21,23,26,31,33-34H,3-15,20,22,24-25H2,1-2H3. The van der Waals surface area contributed by atoms with Gasteiger partial charge in [0, 0.05) is 0 Å². The van der Waals surface area contributed by atoms with E-state index in [2.05, 4.69) is 44.2 Å². The highest BCUT2D eigenvalue weighted by Crippen LogP contribution is 2.46. The molecule has 0 aromatic heterocycles. The number of rotatable bonds is 17. The summed E-state index contributed by atoms with van der Waals surface area (Å²) in [6.07, 6.45) is 18.6. The Bertz CT molecular complexity index is 862. The first-order valence-electron chi connectivity index (χ1n) is 14.8. The lowest BCUT2D eigenvalue weighted by Gasteiger charge is -2.34. The Morgan fingerprint density at radius 1 is 0.806 bits per heavy atom. The smallest absolute Gasteiger partial charge is 0.115 e. The summed E-state index contributed by atoms with van der Waals surface area (Å²) in [6.45, 7) is 4.39. The van der Waals surface area contributed by atoms with Gasteiger partial charge in [0.25, 0.3) is 0 Å². The van der Waals surface area contributed by atoms with Gasteiger partial charge in [-0.1, -0.05) is 105 Å². The van der Waals surface area contributed by atoms with Crippen LogP contribution in [0.15, 0.2) is 42.5 Å². The van der Waals surface area contributed by atoms with Crippen LogP contribution in [0.4, 0.5) is 0 Å². The Balaban J connectivity index is 1.34. The maximum absolute atomic E-state index is 12.1. The average Bonchev–Trinajstić information content (AvgIpc) is 2.88. The van der Waals surface area contributed by atoms with Crippen molar-refractivity contribution in [2.75, 3.05) is 11.5 Å². The predicted molar refractivity (Wildman–Crippen MR) is 157 cm³/mol. The first-order chi connectivity index (χ1) is 17.6. The van der Waals surface area contributed by atoms with Gasteiger partial charge in [0.05, 0.1) is 0 Å². The zero-order chi connectivity index (χ0) is 25.6. The molecule has 0 amide bonds. The Labute approximate surface area is 224 Å². The van der Waals surface area contributed by atoms with Crippen LogP contribution in [0, 0.1) is 6.92 Å². The second-order valence-corrected chi connectivity index (χ2v) is 12.8. The van der Waals surface area contributed by atoms with Gasteiger partial charge in [0.15, 0.2) is 0 Å². The number of fused-ring (bicyclic) bond motifs is 1. The largest absolute Gasteiger partial charge is 0.616 e. The molecule has 1 aliphatic rings. The molecule has 2 aromatic rings. The van der Waals surface area contributed by atoms with Gasteiger partial charge < -0.3 is 9.66 Å². The van der Waals surface area contributed by atoms with Crippen LogP contribution >= 0.6 is 0 Å². The maximum Gasteiger partial charge on any atom is 0.115 e. The second-order valence-electron chi connectivity index (χ2n) is 11.1. The molecular weight excluding hydrogens is 460 g/mol. The number of aryl methyl sites for hydroxylation is 2. The number of phenolic OH excluding ortho intramolecular Hbond substituents is 1. The molecule has 0 radical (unpaired) electrons. The van der Waals surface area contributed by atoms with Crippen LogP contribution < -0.4 is 0 Å². The molecule has 2 nitrogen and oxygen atoms in total. The molecule has 0 aliphatic heterocycles. The van der Waals surface area contributed by atoms with E-state index in [1.807, 2.05) is 12.1 Å². The molecule has 0 spiro atoms. The average molecular weight is 511 g/mol. The minimum atomic E-state index is -0.587. The topological polar surface area (TPSA) is 43.3 Å². The fourth-order valence-electron chi connectivity index (χ4n) is 5.95. The van der Waals surface area contributed by atoms with Gasteiger partial charge >= 0.3 is 0 Å². The second kappa shape index (κ2) is 16.4. The molecule has 3 atom stereocenters. The maximum atomic E-state index is 12.1. The first-order valence-corrected chi connectivity index (χ1v) is 16.3. The van der Waals surface area contributed by atoms with Crippen LogP contribution in [0.1, 0.15) is 131 Å². The van der Waals surface area contributed by atoms with Crippen LogP contribution in [0.3, 0.4) is 0 Å². The fourth-order valence-corrected chi connectivity index (χ4v) is 7.20. The number of unbranched alkanes of at least 4 members (excludes halogenated alkanes) is 10. The summed E-state index contributed by atoms with van der Waals surface area (Å²) < 4.78 is 12.1. The van der Waals surface area contributed by atoms with Crippen molar-refractivity contribution in [1.82, 2.24) is 0 Å². The quantitative estimate of drug-likeness (QED) is 0.170. The monoisotopic (exact) mass is 510 g/mol. The van der Waals surface area contributed by atoms with Gasteiger partial charge in [-0.15, -0.1) is 0 Å². The summed E-state index contributed by atoms with van der Waals surface area (Å²) in [7, 11) is 0. The van der Waals surface area contributed by atoms with Crippen LogP contribution in [-0.2, 0) is 17.6 Å². The number of benzene rings is 2. The highest BCUT2D eigenvalue weighted by atomic mass is 32.2. The van der Waals surface area contributed by atoms with Gasteiger partial charge in [-0.25, -0.2) is 0 Å². The van der Waals surface area contributed by atoms with Crippen LogP contribution in [0.25, 0.3) is 0 Å². The normalized spacial score (nSPS) is 18.2. The number of hydrogen-bond acceptors (Lipinski definition) is 2. The van der Waals surface area contributed by atoms with Gasteiger partial charge in [0.2, 0.25) is 0 Å². The number of hydrogen-bond donors (Lipinski definition) is 1. The van der Waals surface area contributed by atoms with Crippen LogP contribution in [0.2, 0.25) is 0 Å². The summed E-state index contributed by atoms with van der Waals surface area (Å²) in [6, 6.07) is 15.2. The van der Waals surface area contributed by atoms with Crippen molar-refractivity contribution in [2.24, 2.45) is 0 Å². The third-order valence-corrected chi connectivity index (χ3v) is 9.59. The Morgan fingerprint density at radius 3 is 2.08 bits per heavy atom. The minimum absolute atomic E-state index is 0.402. The molecule has 3 rings (SSSR count). The Kier molecular flexibility index (Phi) is 13.3. The third kappa shape index (κ3) is 9.78. The van der Waals surface area contributed by atoms with Crippen molar-refractivity contribution in [3.05, 3.63) is 64.7 Å². The van der Waals surface area contributed by atoms with E-state index >= 15 is 0 Å². The van der Waals surface area contributed by atoms with E-state index in [1.54, 1.807) is 0 Å². The summed E-state index contributed by atoms with van der Waals surface area (Å²) in [5, 5.41) is 10.0. The SMILES string of the molecule is CCCCCC[S+]([O-])CCCCCCCCCCC1c2ccc(O)cc2CCC1c1ccc(C)cc1. The lowest BCUT2D eigenvalue weighted by Crippen LogP contribution is -2.19. The van der Waals surface area contributed by atoms with Crippen molar-refractivity contribution < 1.29 is 9.66 Å². The van der Waals surface area contributed by atoms with E-state index in [4.69, 9.17) is 0 Å². The van der Waals surface area contributed by atoms with Gasteiger partial charge in [-0.3, -0.25) is 0 Å². The highest BCUT2D eigenvalue weighted by molar-refractivity contribution is 7.91. The number of aromatic hydroxyl groups is 1. The zero-order valence-electron chi connectivity index (χ0n) is 23.0. The third-order valence-electron chi connectivity index (χ3n) is 8.10. The molecular formula is C33H50O2S. The molecule has 36 heavy (non-hydrogen) atoms.